The number of nitrogens with zero attached hydrogens (tertiary/aromatic N) is 6. The second-order valence-corrected chi connectivity index (χ2v) is 19.0. The Morgan fingerprint density at radius 2 is 1.25 bits per heavy atom. The summed E-state index contributed by atoms with van der Waals surface area (Å²) in [5, 5.41) is 17.2. The van der Waals surface area contributed by atoms with Gasteiger partial charge in [-0.15, -0.1) is 0 Å². The number of ether oxygens (including phenoxy) is 1. The molecular weight excluding hydrogens is 910 g/mol. The molecule has 1 aliphatic carbocycles. The van der Waals surface area contributed by atoms with Crippen molar-refractivity contribution in [1.29, 1.82) is 0 Å². The summed E-state index contributed by atoms with van der Waals surface area (Å²) in [6.07, 6.45) is 4.34. The van der Waals surface area contributed by atoms with Crippen molar-refractivity contribution in [1.82, 2.24) is 39.8 Å². The van der Waals surface area contributed by atoms with Crippen molar-refractivity contribution < 1.29 is 18.7 Å². The van der Waals surface area contributed by atoms with E-state index in [0.717, 1.165) is 28.0 Å². The highest BCUT2D eigenvalue weighted by Crippen LogP contribution is 2.50. The third-order valence-corrected chi connectivity index (χ3v) is 14.2. The molecule has 4 aromatic carbocycles. The molecule has 8 aromatic rings. The molecule has 11 nitrogen and oxygen atoms in total. The lowest BCUT2D eigenvalue weighted by Crippen LogP contribution is -2.33. The van der Waals surface area contributed by atoms with Crippen LogP contribution in [0.5, 0.6) is 5.75 Å². The van der Waals surface area contributed by atoms with E-state index in [-0.39, 0.29) is 46.7 Å². The zero-order chi connectivity index (χ0) is 47.0. The van der Waals surface area contributed by atoms with Gasteiger partial charge in [-0.3, -0.25) is 9.59 Å². The van der Waals surface area contributed by atoms with Gasteiger partial charge in [0.25, 0.3) is 11.8 Å². The Bertz CT molecular complexity index is 3330. The molecule has 0 radical (unpaired) electrons. The minimum absolute atomic E-state index is 0.0170. The van der Waals surface area contributed by atoms with Crippen molar-refractivity contribution in [2.45, 2.75) is 84.2 Å². The number of para-hydroxylation sites is 1. The summed E-state index contributed by atoms with van der Waals surface area (Å²) >= 11 is 21.1. The number of fused-ring (bicyclic) bond motifs is 4. The highest BCUT2D eigenvalue weighted by atomic mass is 35.5. The number of carbonyl (C=O) groups is 2. The molecule has 3 atom stereocenters. The van der Waals surface area contributed by atoms with Gasteiger partial charge in [0.2, 0.25) is 0 Å². The first-order valence-corrected chi connectivity index (χ1v) is 23.5. The molecule has 340 valence electrons. The summed E-state index contributed by atoms with van der Waals surface area (Å²) in [6, 6.07) is 23.6. The van der Waals surface area contributed by atoms with E-state index in [9.17, 15) is 14.0 Å². The first-order chi connectivity index (χ1) is 32.2. The van der Waals surface area contributed by atoms with Gasteiger partial charge in [-0.1, -0.05) is 123 Å². The fourth-order valence-corrected chi connectivity index (χ4v) is 11.0. The van der Waals surface area contributed by atoms with Gasteiger partial charge in [-0.25, -0.2) is 23.4 Å². The summed E-state index contributed by atoms with van der Waals surface area (Å²) < 4.78 is 23.9. The summed E-state index contributed by atoms with van der Waals surface area (Å²) in [5.74, 6) is -0.776. The highest BCUT2D eigenvalue weighted by Gasteiger charge is 2.37. The number of hydrogen-bond donors (Lipinski definition) is 2. The van der Waals surface area contributed by atoms with E-state index in [4.69, 9.17) is 59.7 Å². The molecule has 67 heavy (non-hydrogen) atoms. The lowest BCUT2D eigenvalue weighted by molar-refractivity contribution is 0.0917. The van der Waals surface area contributed by atoms with Crippen LogP contribution in [-0.2, 0) is 0 Å². The number of aromatic nitrogens is 6. The number of nitrogens with one attached hydrogen (secondary N) is 2. The molecule has 0 saturated heterocycles. The van der Waals surface area contributed by atoms with E-state index >= 15 is 0 Å². The quantitative estimate of drug-likeness (QED) is 0.147. The fourth-order valence-electron chi connectivity index (χ4n) is 10.1. The molecule has 1 unspecified atom stereocenters. The molecule has 15 heteroatoms. The molecule has 0 saturated carbocycles. The molecule has 2 aliphatic rings. The highest BCUT2D eigenvalue weighted by molar-refractivity contribution is 6.40. The Kier molecular flexibility index (Phi) is 11.5. The maximum Gasteiger partial charge on any atom is 0.255 e. The van der Waals surface area contributed by atoms with Crippen molar-refractivity contribution in [3.63, 3.8) is 0 Å². The van der Waals surface area contributed by atoms with Crippen molar-refractivity contribution in [2.75, 3.05) is 6.61 Å². The Morgan fingerprint density at radius 3 is 1.91 bits per heavy atom. The maximum absolute atomic E-state index is 14.6. The number of aryl methyl sites for hydroxylation is 2. The first kappa shape index (κ1) is 44.5. The average Bonchev–Trinajstić information content (AvgIpc) is 3.96. The second-order valence-electron chi connectivity index (χ2n) is 17.9. The Balaban J connectivity index is 0.980. The van der Waals surface area contributed by atoms with Crippen LogP contribution in [0.4, 0.5) is 4.39 Å². The first-order valence-electron chi connectivity index (χ1n) is 22.3. The number of hydrogen-bond acceptors (Lipinski definition) is 7. The summed E-state index contributed by atoms with van der Waals surface area (Å²) in [6.45, 7) is 12.2. The van der Waals surface area contributed by atoms with E-state index in [1.165, 1.54) is 6.07 Å². The van der Waals surface area contributed by atoms with E-state index in [2.05, 4.69) is 16.7 Å². The number of halogens is 4. The average molecular weight is 956 g/mol. The van der Waals surface area contributed by atoms with Crippen LogP contribution in [0.1, 0.15) is 136 Å². The van der Waals surface area contributed by atoms with Crippen molar-refractivity contribution in [3.05, 3.63) is 168 Å². The largest absolute Gasteiger partial charge is 0.493 e. The van der Waals surface area contributed by atoms with Gasteiger partial charge in [0, 0.05) is 41.4 Å². The fraction of sp³-hybridized carbons (Fsp3) is 0.269. The molecule has 0 fully saturated rings. The van der Waals surface area contributed by atoms with Crippen LogP contribution in [-0.4, -0.2) is 47.6 Å². The molecule has 0 bridgehead atoms. The van der Waals surface area contributed by atoms with Gasteiger partial charge in [-0.2, -0.15) is 10.2 Å². The van der Waals surface area contributed by atoms with Gasteiger partial charge in [0.15, 0.2) is 11.3 Å². The van der Waals surface area contributed by atoms with Crippen LogP contribution in [0.3, 0.4) is 0 Å². The Hall–Kier alpha value is -6.34. The molecule has 2 N–H and O–H groups in total. The van der Waals surface area contributed by atoms with E-state index in [1.807, 2.05) is 96.1 Å². The number of benzene rings is 4. The minimum Gasteiger partial charge on any atom is -0.493 e. The zero-order valence-corrected chi connectivity index (χ0v) is 39.9. The van der Waals surface area contributed by atoms with Crippen LogP contribution >= 0.6 is 34.8 Å². The maximum atomic E-state index is 14.6. The van der Waals surface area contributed by atoms with Crippen LogP contribution in [0.2, 0.25) is 15.1 Å². The molecule has 1 aliphatic heterocycles. The third kappa shape index (κ3) is 7.50. The van der Waals surface area contributed by atoms with Gasteiger partial charge in [-0.05, 0) is 67.0 Å². The molecular formula is C52H46Cl3FN8O3. The van der Waals surface area contributed by atoms with Crippen LogP contribution in [0.25, 0.3) is 33.5 Å². The normalized spacial score (nSPS) is 16.7. The monoisotopic (exact) mass is 954 g/mol. The molecule has 4 aromatic heterocycles. The molecule has 0 spiro atoms. The van der Waals surface area contributed by atoms with Crippen molar-refractivity contribution in [2.24, 2.45) is 0 Å². The lowest BCUT2D eigenvalue weighted by atomic mass is 9.90. The van der Waals surface area contributed by atoms with Crippen molar-refractivity contribution >= 4 is 57.9 Å². The summed E-state index contributed by atoms with van der Waals surface area (Å²) in [7, 11) is 0. The SMILES string of the molecule is Cc1nn2c(C(C)C)c(C(=O)N[C@H]3CC(c4ccc(Cl)c(-c5c(C)nn6c(C(C)C)c(C(=O)N[C@H]7CCOc8ccccc87)cnc56)c4Cl)c4ccccc43)cnc2c1-c1cccc(F)c1Cl. The number of amides is 2. The predicted molar refractivity (Wildman–Crippen MR) is 259 cm³/mol. The standard InChI is InChI=1S/C52H46Cl3FN8O3/c1-25(2)47-36(23-57-49-42(27(5)61-63(47)49)33-15-11-16-38(56)45(33)54)52(66)60-40-22-34(29-12-7-8-13-30(29)40)31-18-19-37(53)44(46(31)55)43-28(6)62-64-48(26(3)4)35(24-58-50(43)64)51(65)59-39-20-21-67-41-17-10-9-14-32(39)41/h7-19,23-26,34,39-40H,20-22H2,1-6H3,(H,59,65)(H,60,66)/t34?,39-,40-/m0/s1. The second kappa shape index (κ2) is 17.4. The summed E-state index contributed by atoms with van der Waals surface area (Å²) in [4.78, 5) is 38.2. The minimum atomic E-state index is -0.540. The van der Waals surface area contributed by atoms with Gasteiger partial charge in [0.1, 0.15) is 11.6 Å². The Morgan fingerprint density at radius 1 is 0.672 bits per heavy atom. The topological polar surface area (TPSA) is 128 Å². The smallest absolute Gasteiger partial charge is 0.255 e. The predicted octanol–water partition coefficient (Wildman–Crippen LogP) is 12.3. The Labute approximate surface area is 401 Å². The van der Waals surface area contributed by atoms with Gasteiger partial charge >= 0.3 is 0 Å². The molecule has 2 amide bonds. The number of rotatable bonds is 9. The van der Waals surface area contributed by atoms with Crippen LogP contribution in [0.15, 0.2) is 91.3 Å². The lowest BCUT2D eigenvalue weighted by Gasteiger charge is -2.27. The van der Waals surface area contributed by atoms with Gasteiger partial charge in [0.05, 0.1) is 78.8 Å². The number of carbonyl (C=O) groups excluding carboxylic acids is 2. The van der Waals surface area contributed by atoms with E-state index in [0.29, 0.717) is 96.9 Å². The van der Waals surface area contributed by atoms with Crippen LogP contribution < -0.4 is 15.4 Å². The van der Waals surface area contributed by atoms with Crippen molar-refractivity contribution in [3.8, 4) is 28.0 Å². The summed E-state index contributed by atoms with van der Waals surface area (Å²) in [5.41, 5.74) is 10.5. The third-order valence-electron chi connectivity index (χ3n) is 13.0. The molecule has 10 rings (SSSR count). The van der Waals surface area contributed by atoms with E-state index in [1.54, 1.807) is 33.6 Å². The zero-order valence-electron chi connectivity index (χ0n) is 37.6. The molecule has 5 heterocycles. The van der Waals surface area contributed by atoms with Crippen LogP contribution in [0, 0.1) is 19.7 Å². The van der Waals surface area contributed by atoms with Gasteiger partial charge < -0.3 is 15.4 Å². The van der Waals surface area contributed by atoms with E-state index < -0.39 is 5.82 Å².